The van der Waals surface area contributed by atoms with Crippen LogP contribution in [-0.2, 0) is 12.2 Å². The molecule has 4 nitrogen and oxygen atoms in total. The van der Waals surface area contributed by atoms with E-state index in [4.69, 9.17) is 0 Å². The molecule has 0 bridgehead atoms. The Bertz CT molecular complexity index is 953. The molecule has 0 saturated carbocycles. The van der Waals surface area contributed by atoms with Gasteiger partial charge in [0.15, 0.2) is 5.16 Å². The van der Waals surface area contributed by atoms with Crippen molar-refractivity contribution in [3.63, 3.8) is 0 Å². The van der Waals surface area contributed by atoms with Crippen LogP contribution < -0.4 is 0 Å². The van der Waals surface area contributed by atoms with Crippen molar-refractivity contribution in [2.75, 3.05) is 0 Å². The highest BCUT2D eigenvalue weighted by Gasteiger charge is 2.15. The summed E-state index contributed by atoms with van der Waals surface area (Å²) in [7, 11) is 0. The molecule has 4 aromatic rings. The first-order valence-electron chi connectivity index (χ1n) is 8.45. The summed E-state index contributed by atoms with van der Waals surface area (Å²) >= 11 is 1.68. The molecule has 2 aromatic heterocycles. The first kappa shape index (κ1) is 16.5. The third-order valence-corrected chi connectivity index (χ3v) is 5.01. The van der Waals surface area contributed by atoms with Gasteiger partial charge in [-0.25, -0.2) is 0 Å². The Morgan fingerprint density at radius 1 is 0.769 bits per heavy atom. The maximum Gasteiger partial charge on any atom is 0.196 e. The van der Waals surface area contributed by atoms with Gasteiger partial charge in [0, 0.05) is 30.3 Å². The first-order valence-corrected chi connectivity index (χ1v) is 9.44. The Morgan fingerprint density at radius 3 is 2.23 bits per heavy atom. The Balaban J connectivity index is 1.65. The monoisotopic (exact) mass is 358 g/mol. The molecule has 0 unspecified atom stereocenters. The maximum atomic E-state index is 4.48. The minimum atomic E-state index is 0.746. The third kappa shape index (κ3) is 3.83. The smallest absolute Gasteiger partial charge is 0.196 e. The molecule has 4 rings (SSSR count). The average Bonchev–Trinajstić information content (AvgIpc) is 3.11. The zero-order valence-corrected chi connectivity index (χ0v) is 15.0. The van der Waals surface area contributed by atoms with E-state index in [2.05, 4.69) is 62.2 Å². The summed E-state index contributed by atoms with van der Waals surface area (Å²) in [6, 6.07) is 24.7. The largest absolute Gasteiger partial charge is 0.274 e. The van der Waals surface area contributed by atoms with E-state index >= 15 is 0 Å². The normalized spacial score (nSPS) is 10.8. The fraction of sp³-hybridized carbons (Fsp3) is 0.0952. The van der Waals surface area contributed by atoms with E-state index in [0.717, 1.165) is 28.8 Å². The van der Waals surface area contributed by atoms with E-state index in [0.29, 0.717) is 0 Å². The molecule has 0 radical (unpaired) electrons. The topological polar surface area (TPSA) is 43.6 Å². The van der Waals surface area contributed by atoms with Crippen LogP contribution in [0.5, 0.6) is 0 Å². The molecule has 0 N–H and O–H groups in total. The highest BCUT2D eigenvalue weighted by molar-refractivity contribution is 7.98. The Labute approximate surface area is 157 Å². The predicted molar refractivity (Wildman–Crippen MR) is 104 cm³/mol. The fourth-order valence-electron chi connectivity index (χ4n) is 2.75. The maximum absolute atomic E-state index is 4.48. The summed E-state index contributed by atoms with van der Waals surface area (Å²) in [5.74, 6) is 1.75. The van der Waals surface area contributed by atoms with Gasteiger partial charge >= 0.3 is 0 Å². The van der Waals surface area contributed by atoms with Crippen LogP contribution in [0.2, 0.25) is 0 Å². The van der Waals surface area contributed by atoms with E-state index in [1.165, 1.54) is 11.1 Å². The number of thioether (sulfide) groups is 1. The molecule has 2 heterocycles. The van der Waals surface area contributed by atoms with Gasteiger partial charge in [-0.3, -0.25) is 9.55 Å². The van der Waals surface area contributed by atoms with Crippen LogP contribution in [0, 0.1) is 0 Å². The molecule has 0 fully saturated rings. The van der Waals surface area contributed by atoms with Crippen molar-refractivity contribution in [2.45, 2.75) is 17.3 Å². The lowest BCUT2D eigenvalue weighted by atomic mass is 10.1. The van der Waals surface area contributed by atoms with Crippen LogP contribution in [-0.4, -0.2) is 19.7 Å². The number of rotatable bonds is 6. The lowest BCUT2D eigenvalue weighted by Crippen LogP contribution is -2.03. The average molecular weight is 358 g/mol. The van der Waals surface area contributed by atoms with E-state index < -0.39 is 0 Å². The van der Waals surface area contributed by atoms with Crippen LogP contribution in [0.15, 0.2) is 90.3 Å². The SMILES string of the molecule is c1ccc(Cc2nnc(SCc3cccnc3)n2-c2ccccc2)cc1. The lowest BCUT2D eigenvalue weighted by molar-refractivity contribution is 0.847. The number of nitrogens with zero attached hydrogens (tertiary/aromatic N) is 4. The number of benzene rings is 2. The quantitative estimate of drug-likeness (QED) is 0.475. The Kier molecular flexibility index (Phi) is 5.07. The molecule has 0 aliphatic heterocycles. The van der Waals surface area contributed by atoms with E-state index in [1.807, 2.05) is 36.5 Å². The molecule has 5 heteroatoms. The third-order valence-electron chi connectivity index (χ3n) is 4.01. The molecule has 0 spiro atoms. The molecule has 2 aromatic carbocycles. The number of pyridine rings is 1. The van der Waals surface area contributed by atoms with Gasteiger partial charge < -0.3 is 0 Å². The Morgan fingerprint density at radius 2 is 1.50 bits per heavy atom. The second-order valence-corrected chi connectivity index (χ2v) is 6.82. The number of hydrogen-bond acceptors (Lipinski definition) is 4. The zero-order chi connectivity index (χ0) is 17.6. The van der Waals surface area contributed by atoms with Crippen LogP contribution >= 0.6 is 11.8 Å². The van der Waals surface area contributed by atoms with Gasteiger partial charge in [-0.2, -0.15) is 0 Å². The molecular weight excluding hydrogens is 340 g/mol. The van der Waals surface area contributed by atoms with Crippen molar-refractivity contribution in [1.29, 1.82) is 0 Å². The number of aromatic nitrogens is 4. The molecular formula is C21H18N4S. The van der Waals surface area contributed by atoms with Crippen molar-refractivity contribution in [3.05, 3.63) is 102 Å². The molecule has 0 atom stereocenters. The summed E-state index contributed by atoms with van der Waals surface area (Å²) in [5.41, 5.74) is 3.47. The summed E-state index contributed by atoms with van der Waals surface area (Å²) in [6.07, 6.45) is 4.43. The van der Waals surface area contributed by atoms with Gasteiger partial charge in [-0.15, -0.1) is 10.2 Å². The number of hydrogen-bond donors (Lipinski definition) is 0. The number of para-hydroxylation sites is 1. The van der Waals surface area contributed by atoms with Gasteiger partial charge in [0.2, 0.25) is 0 Å². The predicted octanol–water partition coefficient (Wildman–Crippen LogP) is 4.55. The minimum Gasteiger partial charge on any atom is -0.274 e. The zero-order valence-electron chi connectivity index (χ0n) is 14.2. The second-order valence-electron chi connectivity index (χ2n) is 5.88. The summed E-state index contributed by atoms with van der Waals surface area (Å²) in [5, 5.41) is 9.83. The minimum absolute atomic E-state index is 0.746. The Hall–Kier alpha value is -2.92. The van der Waals surface area contributed by atoms with Gasteiger partial charge in [0.1, 0.15) is 5.82 Å². The standard InChI is InChI=1S/C21H18N4S/c1-3-8-17(9-4-1)14-20-23-24-21(25(20)19-11-5-2-6-12-19)26-16-18-10-7-13-22-15-18/h1-13,15H,14,16H2. The molecule has 0 aliphatic carbocycles. The van der Waals surface area contributed by atoms with E-state index in [1.54, 1.807) is 18.0 Å². The van der Waals surface area contributed by atoms with E-state index in [-0.39, 0.29) is 0 Å². The molecule has 0 aliphatic rings. The molecule has 128 valence electrons. The fourth-order valence-corrected chi connectivity index (χ4v) is 3.66. The summed E-state index contributed by atoms with van der Waals surface area (Å²) in [4.78, 5) is 4.18. The van der Waals surface area contributed by atoms with Crippen LogP contribution in [0.4, 0.5) is 0 Å². The summed E-state index contributed by atoms with van der Waals surface area (Å²) in [6.45, 7) is 0. The highest BCUT2D eigenvalue weighted by atomic mass is 32.2. The first-order chi connectivity index (χ1) is 12.9. The summed E-state index contributed by atoms with van der Waals surface area (Å²) < 4.78 is 2.15. The molecule has 0 amide bonds. The van der Waals surface area contributed by atoms with Crippen molar-refractivity contribution in [3.8, 4) is 5.69 Å². The van der Waals surface area contributed by atoms with Gasteiger partial charge in [0.25, 0.3) is 0 Å². The van der Waals surface area contributed by atoms with Gasteiger partial charge in [-0.05, 0) is 29.3 Å². The second kappa shape index (κ2) is 7.97. The highest BCUT2D eigenvalue weighted by Crippen LogP contribution is 2.26. The van der Waals surface area contributed by atoms with Crippen LogP contribution in [0.1, 0.15) is 17.0 Å². The van der Waals surface area contributed by atoms with Crippen LogP contribution in [0.25, 0.3) is 5.69 Å². The van der Waals surface area contributed by atoms with Crippen molar-refractivity contribution in [1.82, 2.24) is 19.7 Å². The van der Waals surface area contributed by atoms with Crippen LogP contribution in [0.3, 0.4) is 0 Å². The van der Waals surface area contributed by atoms with Crippen molar-refractivity contribution < 1.29 is 0 Å². The molecule has 0 saturated heterocycles. The molecule has 26 heavy (non-hydrogen) atoms. The van der Waals surface area contributed by atoms with E-state index in [9.17, 15) is 0 Å². The van der Waals surface area contributed by atoms with Crippen molar-refractivity contribution >= 4 is 11.8 Å². The van der Waals surface area contributed by atoms with Gasteiger partial charge in [-0.1, -0.05) is 66.4 Å². The van der Waals surface area contributed by atoms with Crippen molar-refractivity contribution in [2.24, 2.45) is 0 Å². The van der Waals surface area contributed by atoms with Gasteiger partial charge in [0.05, 0.1) is 0 Å². The lowest BCUT2D eigenvalue weighted by Gasteiger charge is -2.10.